The van der Waals surface area contributed by atoms with E-state index >= 15 is 4.39 Å². The molecule has 2 N–H and O–H groups in total. The van der Waals surface area contributed by atoms with Crippen LogP contribution < -0.4 is 20.2 Å². The summed E-state index contributed by atoms with van der Waals surface area (Å²) < 4.78 is 88.3. The maximum atomic E-state index is 15.1. The molecule has 2 aromatic carbocycles. The van der Waals surface area contributed by atoms with Crippen molar-refractivity contribution in [3.63, 3.8) is 0 Å². The number of alkyl halides is 5. The Morgan fingerprint density at radius 3 is 2.59 bits per heavy atom. The van der Waals surface area contributed by atoms with Crippen LogP contribution in [0.1, 0.15) is 5.69 Å². The van der Waals surface area contributed by atoms with E-state index in [9.17, 15) is 26.7 Å². The zero-order chi connectivity index (χ0) is 28.2. The van der Waals surface area contributed by atoms with Gasteiger partial charge in [-0.3, -0.25) is 4.79 Å². The van der Waals surface area contributed by atoms with Gasteiger partial charge in [-0.15, -0.1) is 13.2 Å². The maximum absolute atomic E-state index is 15.1. The van der Waals surface area contributed by atoms with Crippen LogP contribution in [0.5, 0.6) is 11.6 Å². The van der Waals surface area contributed by atoms with Gasteiger partial charge in [0.25, 0.3) is 0 Å². The SMILES string of the molecule is N=C/C=C(\Nc1cccc(OC(F)(F)F)c1)c1nn(-c2ccc(-n3nccc3OC(F)F)cc2F)ccc1=O. The molecular formula is C24H16F6N6O3. The molecule has 0 saturated heterocycles. The average Bonchev–Trinajstić information content (AvgIpc) is 3.31. The van der Waals surface area contributed by atoms with Crippen LogP contribution >= 0.6 is 0 Å². The predicted molar refractivity (Wildman–Crippen MR) is 127 cm³/mol. The van der Waals surface area contributed by atoms with Crippen molar-refractivity contribution < 1.29 is 35.8 Å². The lowest BCUT2D eigenvalue weighted by Crippen LogP contribution is -2.19. The van der Waals surface area contributed by atoms with Crippen molar-refractivity contribution in [1.29, 1.82) is 5.41 Å². The van der Waals surface area contributed by atoms with Crippen LogP contribution in [0.4, 0.5) is 32.0 Å². The second-order valence-corrected chi connectivity index (χ2v) is 7.52. The number of ether oxygens (including phenoxy) is 2. The molecule has 4 rings (SSSR count). The van der Waals surface area contributed by atoms with E-state index in [1.807, 2.05) is 0 Å². The van der Waals surface area contributed by atoms with Gasteiger partial charge in [0, 0.05) is 42.4 Å². The first-order chi connectivity index (χ1) is 18.5. The van der Waals surface area contributed by atoms with E-state index in [4.69, 9.17) is 5.41 Å². The van der Waals surface area contributed by atoms with Crippen molar-refractivity contribution in [2.24, 2.45) is 0 Å². The standard InChI is InChI=1S/C24H16F6N6O3/c25-17-13-15(36-21(7-10-32-36)38-23(26)27)4-5-19(17)35-11-8-20(37)22(34-35)18(6-9-31)33-14-2-1-3-16(12-14)39-24(28,29)30/h1-13,23,31,33H/b18-6-,31-9?. The van der Waals surface area contributed by atoms with E-state index < -0.39 is 30.0 Å². The Hall–Kier alpha value is -5.08. The highest BCUT2D eigenvalue weighted by molar-refractivity contribution is 5.87. The van der Waals surface area contributed by atoms with Crippen LogP contribution in [0.25, 0.3) is 17.1 Å². The molecule has 202 valence electrons. The normalized spacial score (nSPS) is 11.9. The quantitative estimate of drug-likeness (QED) is 0.220. The molecule has 9 nitrogen and oxygen atoms in total. The summed E-state index contributed by atoms with van der Waals surface area (Å²) in [6.07, 6.45) is -0.616. The number of nitrogens with one attached hydrogen (secondary N) is 2. The molecule has 15 heteroatoms. The first-order valence-electron chi connectivity index (χ1n) is 10.8. The number of benzene rings is 2. The fraction of sp³-hybridized carbons (Fsp3) is 0.0833. The number of hydrogen-bond donors (Lipinski definition) is 2. The Kier molecular flexibility index (Phi) is 7.69. The molecule has 0 aliphatic carbocycles. The number of allylic oxidation sites excluding steroid dienone is 1. The smallest absolute Gasteiger partial charge is 0.417 e. The van der Waals surface area contributed by atoms with E-state index in [1.54, 1.807) is 0 Å². The fourth-order valence-electron chi connectivity index (χ4n) is 3.40. The number of anilines is 1. The molecule has 0 aliphatic heterocycles. The molecule has 2 aromatic heterocycles. The maximum Gasteiger partial charge on any atom is 0.573 e. The Bertz CT molecular complexity index is 1580. The van der Waals surface area contributed by atoms with Gasteiger partial charge in [-0.1, -0.05) is 6.07 Å². The van der Waals surface area contributed by atoms with Gasteiger partial charge in [-0.25, -0.2) is 13.8 Å². The van der Waals surface area contributed by atoms with Crippen LogP contribution in [-0.4, -0.2) is 38.7 Å². The summed E-state index contributed by atoms with van der Waals surface area (Å²) >= 11 is 0. The Labute approximate surface area is 215 Å². The van der Waals surface area contributed by atoms with E-state index in [2.05, 4.69) is 25.0 Å². The van der Waals surface area contributed by atoms with Gasteiger partial charge >= 0.3 is 13.0 Å². The van der Waals surface area contributed by atoms with Crippen LogP contribution in [-0.2, 0) is 0 Å². The van der Waals surface area contributed by atoms with Gasteiger partial charge in [0.05, 0.1) is 17.6 Å². The number of halogens is 6. The molecule has 0 unspecified atom stereocenters. The molecule has 0 aliphatic rings. The Morgan fingerprint density at radius 2 is 1.90 bits per heavy atom. The average molecular weight is 550 g/mol. The summed E-state index contributed by atoms with van der Waals surface area (Å²) in [7, 11) is 0. The second-order valence-electron chi connectivity index (χ2n) is 7.52. The van der Waals surface area contributed by atoms with Gasteiger partial charge in [-0.05, 0) is 30.3 Å². The van der Waals surface area contributed by atoms with Gasteiger partial charge in [-0.2, -0.15) is 19.0 Å². The molecule has 0 fully saturated rings. The highest BCUT2D eigenvalue weighted by Crippen LogP contribution is 2.27. The fourth-order valence-corrected chi connectivity index (χ4v) is 3.40. The minimum absolute atomic E-state index is 0.0604. The number of aromatic nitrogens is 4. The largest absolute Gasteiger partial charge is 0.573 e. The van der Waals surface area contributed by atoms with Crippen LogP contribution in [0.2, 0.25) is 0 Å². The van der Waals surface area contributed by atoms with Crippen molar-refractivity contribution >= 4 is 17.6 Å². The molecule has 39 heavy (non-hydrogen) atoms. The summed E-state index contributed by atoms with van der Waals surface area (Å²) in [5.41, 5.74) is -0.999. The zero-order valence-electron chi connectivity index (χ0n) is 19.4. The van der Waals surface area contributed by atoms with Gasteiger partial charge in [0.15, 0.2) is 11.5 Å². The predicted octanol–water partition coefficient (Wildman–Crippen LogP) is 5.16. The van der Waals surface area contributed by atoms with Gasteiger partial charge in [0.1, 0.15) is 11.4 Å². The third kappa shape index (κ3) is 6.63. The van der Waals surface area contributed by atoms with Crippen molar-refractivity contribution in [1.82, 2.24) is 19.6 Å². The lowest BCUT2D eigenvalue weighted by atomic mass is 10.2. The Morgan fingerprint density at radius 1 is 1.10 bits per heavy atom. The zero-order valence-corrected chi connectivity index (χ0v) is 19.4. The molecule has 0 radical (unpaired) electrons. The summed E-state index contributed by atoms with van der Waals surface area (Å²) in [5, 5.41) is 18.1. The van der Waals surface area contributed by atoms with Crippen molar-refractivity contribution in [2.45, 2.75) is 13.0 Å². The number of hydrogen-bond acceptors (Lipinski definition) is 7. The molecule has 4 aromatic rings. The highest BCUT2D eigenvalue weighted by Gasteiger charge is 2.31. The lowest BCUT2D eigenvalue weighted by molar-refractivity contribution is -0.274. The van der Waals surface area contributed by atoms with Crippen molar-refractivity contribution in [3.8, 4) is 23.0 Å². The van der Waals surface area contributed by atoms with Gasteiger partial charge in [0.2, 0.25) is 11.3 Å². The third-order valence-corrected chi connectivity index (χ3v) is 4.90. The molecule has 0 atom stereocenters. The third-order valence-electron chi connectivity index (χ3n) is 4.90. The molecule has 2 heterocycles. The molecule has 0 bridgehead atoms. The van der Waals surface area contributed by atoms with E-state index in [1.165, 1.54) is 42.7 Å². The first-order valence-corrected chi connectivity index (χ1v) is 10.8. The van der Waals surface area contributed by atoms with E-state index in [-0.39, 0.29) is 34.3 Å². The first kappa shape index (κ1) is 27.0. The molecule has 0 amide bonds. The van der Waals surface area contributed by atoms with E-state index in [0.29, 0.717) is 0 Å². The summed E-state index contributed by atoms with van der Waals surface area (Å²) in [5.74, 6) is -1.71. The van der Waals surface area contributed by atoms with Crippen LogP contribution in [0.3, 0.4) is 0 Å². The van der Waals surface area contributed by atoms with Crippen LogP contribution in [0.15, 0.2) is 77.9 Å². The molecule has 0 saturated carbocycles. The number of rotatable bonds is 9. The lowest BCUT2D eigenvalue weighted by Gasteiger charge is -2.14. The minimum Gasteiger partial charge on any atom is -0.417 e. The Balaban J connectivity index is 1.66. The summed E-state index contributed by atoms with van der Waals surface area (Å²) in [6.45, 7) is -3.12. The van der Waals surface area contributed by atoms with Crippen molar-refractivity contribution in [3.05, 3.63) is 94.8 Å². The second kappa shape index (κ2) is 11.1. The monoisotopic (exact) mass is 550 g/mol. The summed E-state index contributed by atoms with van der Waals surface area (Å²) in [6, 6.07) is 10.6. The number of nitrogens with zero attached hydrogens (tertiary/aromatic N) is 4. The molecule has 0 spiro atoms. The summed E-state index contributed by atoms with van der Waals surface area (Å²) in [4.78, 5) is 12.6. The minimum atomic E-state index is -4.92. The van der Waals surface area contributed by atoms with Crippen molar-refractivity contribution in [2.75, 3.05) is 5.32 Å². The van der Waals surface area contributed by atoms with E-state index in [0.717, 1.165) is 45.9 Å². The van der Waals surface area contributed by atoms with Crippen LogP contribution in [0, 0.1) is 11.2 Å². The van der Waals surface area contributed by atoms with Gasteiger partial charge < -0.3 is 20.2 Å². The highest BCUT2D eigenvalue weighted by atomic mass is 19.4. The topological polar surface area (TPSA) is 107 Å². The molecular weight excluding hydrogens is 534 g/mol.